The molecule has 2 aromatic heterocycles. The van der Waals surface area contributed by atoms with Gasteiger partial charge in [0, 0.05) is 31.0 Å². The Hall–Kier alpha value is -2.15. The van der Waals surface area contributed by atoms with Crippen LogP contribution < -0.4 is 5.32 Å². The molecule has 23 heavy (non-hydrogen) atoms. The number of amides is 1. The molecule has 3 rings (SSSR count). The second-order valence-electron chi connectivity index (χ2n) is 5.98. The topological polar surface area (TPSA) is 68.0 Å². The zero-order chi connectivity index (χ0) is 16.1. The number of aromatic nitrogens is 4. The summed E-state index contributed by atoms with van der Waals surface area (Å²) in [5, 5.41) is 11.5. The zero-order valence-electron chi connectivity index (χ0n) is 13.6. The third kappa shape index (κ3) is 3.98. The lowest BCUT2D eigenvalue weighted by Gasteiger charge is -2.23. The van der Waals surface area contributed by atoms with Crippen molar-refractivity contribution in [3.05, 3.63) is 30.7 Å². The highest BCUT2D eigenvalue weighted by Crippen LogP contribution is 2.18. The average Bonchev–Trinajstić information content (AvgIpc) is 3.25. The van der Waals surface area contributed by atoms with Crippen LogP contribution in [0.2, 0.25) is 0 Å². The highest BCUT2D eigenvalue weighted by Gasteiger charge is 2.26. The predicted octanol–water partition coefficient (Wildman–Crippen LogP) is 1.59. The molecule has 0 aliphatic carbocycles. The summed E-state index contributed by atoms with van der Waals surface area (Å²) in [6.07, 6.45) is 8.72. The van der Waals surface area contributed by atoms with Crippen molar-refractivity contribution in [3.63, 3.8) is 0 Å². The van der Waals surface area contributed by atoms with Gasteiger partial charge in [-0.2, -0.15) is 10.2 Å². The maximum Gasteiger partial charge on any atom is 0.239 e. The monoisotopic (exact) mass is 316 g/mol. The van der Waals surface area contributed by atoms with Gasteiger partial charge in [-0.3, -0.25) is 14.4 Å². The van der Waals surface area contributed by atoms with Crippen molar-refractivity contribution in [2.24, 2.45) is 0 Å². The summed E-state index contributed by atoms with van der Waals surface area (Å²) in [6, 6.07) is 4.15. The molecule has 0 unspecified atom stereocenters. The molecular weight excluding hydrogens is 292 g/mol. The quantitative estimate of drug-likeness (QED) is 0.842. The van der Waals surface area contributed by atoms with Gasteiger partial charge in [0.25, 0.3) is 0 Å². The number of carbonyl (C=O) groups is 1. The van der Waals surface area contributed by atoms with Crippen LogP contribution in [0.1, 0.15) is 26.2 Å². The van der Waals surface area contributed by atoms with Crippen LogP contribution in [0.3, 0.4) is 0 Å². The van der Waals surface area contributed by atoms with Crippen LogP contribution in [0, 0.1) is 0 Å². The maximum atomic E-state index is 12.4. The Bertz CT molecular complexity index is 620. The molecule has 1 atom stereocenters. The molecule has 3 heterocycles. The van der Waals surface area contributed by atoms with Crippen molar-refractivity contribution in [3.8, 4) is 0 Å². The van der Waals surface area contributed by atoms with Crippen molar-refractivity contribution in [2.45, 2.75) is 45.3 Å². The van der Waals surface area contributed by atoms with E-state index in [0.717, 1.165) is 44.7 Å². The number of nitrogens with one attached hydrogen (secondary N) is 1. The first kappa shape index (κ1) is 15.7. The highest BCUT2D eigenvalue weighted by atomic mass is 16.2. The lowest BCUT2D eigenvalue weighted by Crippen LogP contribution is -2.39. The fourth-order valence-corrected chi connectivity index (χ4v) is 3.13. The number of likely N-dealkylation sites (tertiary alicyclic amines) is 1. The Labute approximate surface area is 136 Å². The van der Waals surface area contributed by atoms with E-state index >= 15 is 0 Å². The molecule has 2 aromatic rings. The van der Waals surface area contributed by atoms with Crippen molar-refractivity contribution in [1.82, 2.24) is 24.5 Å². The Balaban J connectivity index is 1.55. The third-order valence-corrected chi connectivity index (χ3v) is 4.22. The molecule has 1 fully saturated rings. The third-order valence-electron chi connectivity index (χ3n) is 4.22. The van der Waals surface area contributed by atoms with Gasteiger partial charge in [-0.1, -0.05) is 6.92 Å². The normalized spacial score (nSPS) is 18.4. The fraction of sp³-hybridized carbons (Fsp3) is 0.562. The number of nitrogens with zero attached hydrogens (tertiary/aromatic N) is 5. The van der Waals surface area contributed by atoms with Gasteiger partial charge in [-0.15, -0.1) is 0 Å². The van der Waals surface area contributed by atoms with E-state index < -0.39 is 0 Å². The fourth-order valence-electron chi connectivity index (χ4n) is 3.13. The SMILES string of the molecule is CCCn1nccc1NC(=O)CN1CCC[C@@H]1Cn1cccn1. The Morgan fingerprint density at radius 3 is 3.09 bits per heavy atom. The van der Waals surface area contributed by atoms with Crippen LogP contribution in [0.25, 0.3) is 0 Å². The molecule has 0 saturated carbocycles. The molecule has 1 N–H and O–H groups in total. The summed E-state index contributed by atoms with van der Waals surface area (Å²) < 4.78 is 3.78. The van der Waals surface area contributed by atoms with Crippen molar-refractivity contribution < 1.29 is 4.79 Å². The molecule has 0 spiro atoms. The predicted molar refractivity (Wildman–Crippen MR) is 88.0 cm³/mol. The Morgan fingerprint density at radius 2 is 2.30 bits per heavy atom. The van der Waals surface area contributed by atoms with E-state index in [0.29, 0.717) is 12.6 Å². The molecule has 0 aromatic carbocycles. The molecule has 1 aliphatic heterocycles. The number of carbonyl (C=O) groups excluding carboxylic acids is 1. The van der Waals surface area contributed by atoms with E-state index in [1.165, 1.54) is 0 Å². The molecule has 7 heteroatoms. The van der Waals surface area contributed by atoms with Crippen LogP contribution in [0.15, 0.2) is 30.7 Å². The summed E-state index contributed by atoms with van der Waals surface area (Å²) in [5.74, 6) is 0.801. The van der Waals surface area contributed by atoms with Crippen molar-refractivity contribution in [1.29, 1.82) is 0 Å². The number of hydrogen-bond donors (Lipinski definition) is 1. The number of aryl methyl sites for hydroxylation is 1. The number of anilines is 1. The first-order valence-corrected chi connectivity index (χ1v) is 8.29. The average molecular weight is 316 g/mol. The van der Waals surface area contributed by atoms with E-state index in [9.17, 15) is 4.79 Å². The molecular formula is C16H24N6O. The minimum absolute atomic E-state index is 0.0234. The maximum absolute atomic E-state index is 12.4. The lowest BCUT2D eigenvalue weighted by atomic mass is 10.2. The van der Waals surface area contributed by atoms with Gasteiger partial charge >= 0.3 is 0 Å². The smallest absolute Gasteiger partial charge is 0.239 e. The van der Waals surface area contributed by atoms with Gasteiger partial charge in [-0.25, -0.2) is 4.68 Å². The Kier molecular flexibility index (Phi) is 5.07. The molecule has 1 aliphatic rings. The first-order valence-electron chi connectivity index (χ1n) is 8.29. The lowest BCUT2D eigenvalue weighted by molar-refractivity contribution is -0.117. The van der Waals surface area contributed by atoms with Gasteiger partial charge in [-0.05, 0) is 31.9 Å². The van der Waals surface area contributed by atoms with Crippen LogP contribution >= 0.6 is 0 Å². The van der Waals surface area contributed by atoms with Crippen LogP contribution in [0.4, 0.5) is 5.82 Å². The summed E-state index contributed by atoms with van der Waals surface area (Å²) in [4.78, 5) is 14.6. The minimum atomic E-state index is 0.0234. The van der Waals surface area contributed by atoms with Crippen LogP contribution in [0.5, 0.6) is 0 Å². The first-order chi connectivity index (χ1) is 11.3. The standard InChI is InChI=1S/C16H24N6O/c1-2-9-22-15(6-8-18-22)19-16(23)13-20-10-3-5-14(20)12-21-11-4-7-17-21/h4,6-8,11,14H,2-3,5,9-10,12-13H2,1H3,(H,19,23)/t14-/m1/s1. The molecule has 0 radical (unpaired) electrons. The summed E-state index contributed by atoms with van der Waals surface area (Å²) in [5.41, 5.74) is 0. The van der Waals surface area contributed by atoms with Gasteiger partial charge in [0.05, 0.1) is 19.3 Å². The second kappa shape index (κ2) is 7.41. The summed E-state index contributed by atoms with van der Waals surface area (Å²) in [7, 11) is 0. The Morgan fingerprint density at radius 1 is 1.39 bits per heavy atom. The number of hydrogen-bond acceptors (Lipinski definition) is 4. The van der Waals surface area contributed by atoms with E-state index in [1.807, 2.05) is 27.7 Å². The van der Waals surface area contributed by atoms with Gasteiger partial charge in [0.15, 0.2) is 0 Å². The van der Waals surface area contributed by atoms with E-state index in [4.69, 9.17) is 0 Å². The van der Waals surface area contributed by atoms with E-state index in [-0.39, 0.29) is 5.91 Å². The van der Waals surface area contributed by atoms with Gasteiger partial charge in [0.1, 0.15) is 5.82 Å². The minimum Gasteiger partial charge on any atom is -0.310 e. The molecule has 1 amide bonds. The van der Waals surface area contributed by atoms with Gasteiger partial charge in [0.2, 0.25) is 5.91 Å². The van der Waals surface area contributed by atoms with Crippen molar-refractivity contribution in [2.75, 3.05) is 18.4 Å². The largest absolute Gasteiger partial charge is 0.310 e. The second-order valence-corrected chi connectivity index (χ2v) is 5.98. The van der Waals surface area contributed by atoms with Crippen LogP contribution in [-0.2, 0) is 17.9 Å². The number of rotatable bonds is 7. The molecule has 124 valence electrons. The van der Waals surface area contributed by atoms with E-state index in [2.05, 4.69) is 27.3 Å². The highest BCUT2D eigenvalue weighted by molar-refractivity contribution is 5.91. The summed E-state index contributed by atoms with van der Waals surface area (Å²) >= 11 is 0. The van der Waals surface area contributed by atoms with Gasteiger partial charge < -0.3 is 5.32 Å². The van der Waals surface area contributed by atoms with Crippen molar-refractivity contribution >= 4 is 11.7 Å². The zero-order valence-corrected chi connectivity index (χ0v) is 13.6. The molecule has 0 bridgehead atoms. The summed E-state index contributed by atoms with van der Waals surface area (Å²) in [6.45, 7) is 5.14. The van der Waals surface area contributed by atoms with E-state index in [1.54, 1.807) is 12.4 Å². The molecule has 1 saturated heterocycles. The molecule has 7 nitrogen and oxygen atoms in total. The van der Waals surface area contributed by atoms with Crippen LogP contribution in [-0.4, -0.2) is 49.5 Å².